The van der Waals surface area contributed by atoms with Crippen molar-refractivity contribution in [2.75, 3.05) is 18.5 Å². The topological polar surface area (TPSA) is 73.9 Å². The molecule has 6 nitrogen and oxygen atoms in total. The molecule has 0 fully saturated rings. The fourth-order valence-electron chi connectivity index (χ4n) is 1.60. The van der Waals surface area contributed by atoms with Gasteiger partial charge in [0.1, 0.15) is 19.5 Å². The number of nitrogens with one attached hydrogen (secondary N) is 1. The highest BCUT2D eigenvalue weighted by Gasteiger charge is 2.24. The van der Waals surface area contributed by atoms with Gasteiger partial charge in [-0.2, -0.15) is 0 Å². The third kappa shape index (κ3) is 3.93. The van der Waals surface area contributed by atoms with Gasteiger partial charge in [0.2, 0.25) is 5.76 Å². The van der Waals surface area contributed by atoms with E-state index in [-0.39, 0.29) is 19.0 Å². The summed E-state index contributed by atoms with van der Waals surface area (Å²) in [6.07, 6.45) is -0.285. The molecule has 0 bridgehead atoms. The maximum absolute atomic E-state index is 13.5. The van der Waals surface area contributed by atoms with Crippen molar-refractivity contribution in [3.63, 3.8) is 0 Å². The molecule has 0 radical (unpaired) electrons. The second kappa shape index (κ2) is 7.03. The van der Waals surface area contributed by atoms with E-state index in [0.29, 0.717) is 6.07 Å². The number of ether oxygens (including phenoxy) is 3. The van der Waals surface area contributed by atoms with Gasteiger partial charge in [0.25, 0.3) is 5.91 Å². The number of carbonyl (C=O) groups excluding carboxylic acids is 2. The van der Waals surface area contributed by atoms with Gasteiger partial charge in [-0.15, -0.1) is 0 Å². The molecule has 1 amide bonds. The highest BCUT2D eigenvalue weighted by atomic mass is 19.2. The lowest BCUT2D eigenvalue weighted by Crippen LogP contribution is -2.31. The summed E-state index contributed by atoms with van der Waals surface area (Å²) in [5.41, 5.74) is -0.576. The molecule has 1 aromatic carbocycles. The van der Waals surface area contributed by atoms with E-state index in [1.54, 1.807) is 0 Å². The first-order valence-corrected chi connectivity index (χ1v) is 6.50. The van der Waals surface area contributed by atoms with Crippen LogP contribution in [0, 0.1) is 17.5 Å². The highest BCUT2D eigenvalue weighted by Crippen LogP contribution is 2.20. The summed E-state index contributed by atoms with van der Waals surface area (Å²) in [6.45, 7) is 1.65. The van der Waals surface area contributed by atoms with Crippen LogP contribution in [0.4, 0.5) is 18.9 Å². The number of esters is 1. The predicted molar refractivity (Wildman–Crippen MR) is 70.5 cm³/mol. The van der Waals surface area contributed by atoms with Gasteiger partial charge in [-0.25, -0.2) is 18.0 Å². The SMILES string of the molecule is C[C@@H](OC(=O)C1=COCCO1)C(=O)Nc1ccc(F)c(F)c1F. The molecule has 0 saturated carbocycles. The average Bonchev–Trinajstić information content (AvgIpc) is 2.56. The number of amides is 1. The van der Waals surface area contributed by atoms with Crippen molar-refractivity contribution in [3.8, 4) is 0 Å². The lowest BCUT2D eigenvalue weighted by atomic mass is 10.2. The Morgan fingerprint density at radius 1 is 1.22 bits per heavy atom. The lowest BCUT2D eigenvalue weighted by molar-refractivity contribution is -0.153. The van der Waals surface area contributed by atoms with Crippen LogP contribution < -0.4 is 5.32 Å². The van der Waals surface area contributed by atoms with E-state index in [1.165, 1.54) is 6.92 Å². The molecular weight excluding hydrogens is 319 g/mol. The Kier molecular flexibility index (Phi) is 5.09. The average molecular weight is 331 g/mol. The molecule has 1 aliphatic rings. The van der Waals surface area contributed by atoms with Crippen molar-refractivity contribution >= 4 is 17.6 Å². The van der Waals surface area contributed by atoms with Crippen LogP contribution in [0.2, 0.25) is 0 Å². The number of carbonyl (C=O) groups is 2. The molecule has 0 unspecified atom stereocenters. The molecule has 1 aromatic rings. The molecule has 1 N–H and O–H groups in total. The zero-order valence-corrected chi connectivity index (χ0v) is 11.9. The predicted octanol–water partition coefficient (Wildman–Crippen LogP) is 1.86. The van der Waals surface area contributed by atoms with Crippen molar-refractivity contribution in [1.82, 2.24) is 0 Å². The fourth-order valence-corrected chi connectivity index (χ4v) is 1.60. The molecule has 0 aromatic heterocycles. The Morgan fingerprint density at radius 2 is 1.96 bits per heavy atom. The van der Waals surface area contributed by atoms with Crippen LogP contribution >= 0.6 is 0 Å². The molecular formula is C14H12F3NO5. The second-order valence-corrected chi connectivity index (χ2v) is 4.46. The minimum absolute atomic E-state index is 0.154. The molecule has 0 saturated heterocycles. The van der Waals surface area contributed by atoms with Crippen LogP contribution in [-0.2, 0) is 23.8 Å². The Hall–Kier alpha value is -2.71. The molecule has 0 spiro atoms. The minimum atomic E-state index is -1.72. The van der Waals surface area contributed by atoms with Gasteiger partial charge in [-0.3, -0.25) is 4.79 Å². The van der Waals surface area contributed by atoms with Gasteiger partial charge < -0.3 is 19.5 Å². The summed E-state index contributed by atoms with van der Waals surface area (Å²) in [4.78, 5) is 23.5. The van der Waals surface area contributed by atoms with Gasteiger partial charge in [0.05, 0.1) is 5.69 Å². The first kappa shape index (κ1) is 16.7. The molecule has 1 heterocycles. The van der Waals surface area contributed by atoms with Crippen molar-refractivity contribution in [2.24, 2.45) is 0 Å². The Bertz CT molecular complexity index is 662. The van der Waals surface area contributed by atoms with Crippen molar-refractivity contribution in [2.45, 2.75) is 13.0 Å². The van der Waals surface area contributed by atoms with Crippen LogP contribution in [-0.4, -0.2) is 31.2 Å². The quantitative estimate of drug-likeness (QED) is 0.673. The summed E-state index contributed by atoms with van der Waals surface area (Å²) >= 11 is 0. The molecule has 1 aliphatic heterocycles. The summed E-state index contributed by atoms with van der Waals surface area (Å²) in [6, 6.07) is 1.50. The second-order valence-electron chi connectivity index (χ2n) is 4.46. The first-order valence-electron chi connectivity index (χ1n) is 6.50. The largest absolute Gasteiger partial charge is 0.493 e. The van der Waals surface area contributed by atoms with E-state index in [2.05, 4.69) is 0 Å². The number of hydrogen-bond acceptors (Lipinski definition) is 5. The third-order valence-electron chi connectivity index (χ3n) is 2.80. The monoisotopic (exact) mass is 331 g/mol. The van der Waals surface area contributed by atoms with E-state index in [1.807, 2.05) is 5.32 Å². The van der Waals surface area contributed by atoms with Gasteiger partial charge >= 0.3 is 5.97 Å². The molecule has 2 rings (SSSR count). The van der Waals surface area contributed by atoms with Gasteiger partial charge in [-0.1, -0.05) is 0 Å². The van der Waals surface area contributed by atoms with Crippen LogP contribution in [0.5, 0.6) is 0 Å². The van der Waals surface area contributed by atoms with Gasteiger partial charge in [0, 0.05) is 0 Å². The standard InChI is InChI=1S/C14H12F3NO5/c1-7(23-14(20)10-6-21-4-5-22-10)13(19)18-9-3-2-8(15)11(16)12(9)17/h2-3,6-7H,4-5H2,1H3,(H,18,19)/t7-/m1/s1. The van der Waals surface area contributed by atoms with Crippen LogP contribution in [0.3, 0.4) is 0 Å². The van der Waals surface area contributed by atoms with Crippen molar-refractivity contribution in [1.29, 1.82) is 0 Å². The Morgan fingerprint density at radius 3 is 2.61 bits per heavy atom. The Labute approximate surface area is 128 Å². The number of hydrogen-bond donors (Lipinski definition) is 1. The summed E-state index contributed by atoms with van der Waals surface area (Å²) in [5, 5.41) is 2.00. The minimum Gasteiger partial charge on any atom is -0.493 e. The van der Waals surface area contributed by atoms with Gasteiger partial charge in [-0.05, 0) is 19.1 Å². The third-order valence-corrected chi connectivity index (χ3v) is 2.80. The maximum atomic E-state index is 13.5. The normalized spacial score (nSPS) is 14.9. The fraction of sp³-hybridized carbons (Fsp3) is 0.286. The van der Waals surface area contributed by atoms with Crippen LogP contribution in [0.25, 0.3) is 0 Å². The van der Waals surface area contributed by atoms with Crippen LogP contribution in [0.1, 0.15) is 6.92 Å². The number of anilines is 1. The molecule has 1 atom stereocenters. The number of halogens is 3. The molecule has 124 valence electrons. The maximum Gasteiger partial charge on any atom is 0.377 e. The highest BCUT2D eigenvalue weighted by molar-refractivity contribution is 5.96. The molecule has 9 heteroatoms. The van der Waals surface area contributed by atoms with Crippen molar-refractivity contribution in [3.05, 3.63) is 41.6 Å². The number of rotatable bonds is 4. The van der Waals surface area contributed by atoms with Crippen LogP contribution in [0.15, 0.2) is 24.2 Å². The van der Waals surface area contributed by atoms with E-state index < -0.39 is 41.1 Å². The van der Waals surface area contributed by atoms with Crippen molar-refractivity contribution < 1.29 is 37.0 Å². The molecule has 23 heavy (non-hydrogen) atoms. The smallest absolute Gasteiger partial charge is 0.377 e. The van der Waals surface area contributed by atoms with E-state index in [4.69, 9.17) is 14.2 Å². The van der Waals surface area contributed by atoms with E-state index in [9.17, 15) is 22.8 Å². The zero-order chi connectivity index (χ0) is 17.0. The summed E-state index contributed by atoms with van der Waals surface area (Å²) in [5.74, 6) is -6.75. The lowest BCUT2D eigenvalue weighted by Gasteiger charge is -2.17. The molecule has 0 aliphatic carbocycles. The summed E-state index contributed by atoms with van der Waals surface area (Å²) < 4.78 is 54.0. The first-order chi connectivity index (χ1) is 10.9. The van der Waals surface area contributed by atoms with Gasteiger partial charge in [0.15, 0.2) is 23.6 Å². The van der Waals surface area contributed by atoms with E-state index >= 15 is 0 Å². The summed E-state index contributed by atoms with van der Waals surface area (Å²) in [7, 11) is 0. The zero-order valence-electron chi connectivity index (χ0n) is 11.9. The Balaban J connectivity index is 1.99. The number of benzene rings is 1. The van der Waals surface area contributed by atoms with E-state index in [0.717, 1.165) is 12.3 Å².